The highest BCUT2D eigenvalue weighted by atomic mass is 35.5. The van der Waals surface area contributed by atoms with Gasteiger partial charge < -0.3 is 5.32 Å². The molecule has 0 saturated carbocycles. The van der Waals surface area contributed by atoms with E-state index in [0.717, 1.165) is 12.3 Å². The van der Waals surface area contributed by atoms with Gasteiger partial charge in [-0.2, -0.15) is 5.10 Å². The van der Waals surface area contributed by atoms with E-state index < -0.39 is 0 Å². The number of halogens is 1. The Kier molecular flexibility index (Phi) is 5.49. The van der Waals surface area contributed by atoms with Crippen LogP contribution in [-0.4, -0.2) is 22.1 Å². The minimum absolute atomic E-state index is 0.201. The van der Waals surface area contributed by atoms with Crippen molar-refractivity contribution in [1.82, 2.24) is 9.78 Å². The van der Waals surface area contributed by atoms with Crippen molar-refractivity contribution in [2.75, 3.05) is 17.6 Å². The van der Waals surface area contributed by atoms with Crippen molar-refractivity contribution < 1.29 is 0 Å². The van der Waals surface area contributed by atoms with Gasteiger partial charge in [0.05, 0.1) is 11.9 Å². The predicted molar refractivity (Wildman–Crippen MR) is 84.8 cm³/mol. The van der Waals surface area contributed by atoms with Crippen LogP contribution in [0.5, 0.6) is 0 Å². The fraction of sp³-hybridized carbons (Fsp3) is 0.286. The van der Waals surface area contributed by atoms with Crippen molar-refractivity contribution in [1.29, 1.82) is 0 Å². The number of rotatable bonds is 6. The van der Waals surface area contributed by atoms with E-state index in [2.05, 4.69) is 22.5 Å². The van der Waals surface area contributed by atoms with E-state index in [0.29, 0.717) is 12.2 Å². The lowest BCUT2D eigenvalue weighted by Gasteiger charge is -2.09. The lowest BCUT2D eigenvalue weighted by Crippen LogP contribution is -2.23. The average molecular weight is 310 g/mol. The second-order valence-corrected chi connectivity index (χ2v) is 5.63. The van der Waals surface area contributed by atoms with Crippen molar-refractivity contribution in [3.05, 3.63) is 51.9 Å². The number of benzene rings is 1. The predicted octanol–water partition coefficient (Wildman–Crippen LogP) is 3.12. The first-order chi connectivity index (χ1) is 9.72. The second kappa shape index (κ2) is 7.36. The Balaban J connectivity index is 1.89. The summed E-state index contributed by atoms with van der Waals surface area (Å²) in [5, 5.41) is 7.39. The molecule has 106 valence electrons. The van der Waals surface area contributed by atoms with Crippen molar-refractivity contribution >= 4 is 29.1 Å². The summed E-state index contributed by atoms with van der Waals surface area (Å²) in [5.41, 5.74) is 0.338. The molecule has 20 heavy (non-hydrogen) atoms. The van der Waals surface area contributed by atoms with Gasteiger partial charge in [0, 0.05) is 23.7 Å². The molecule has 1 heterocycles. The van der Waals surface area contributed by atoms with Gasteiger partial charge in [-0.25, -0.2) is 4.68 Å². The van der Waals surface area contributed by atoms with Gasteiger partial charge in [0.25, 0.3) is 5.56 Å². The molecule has 0 aliphatic rings. The Bertz CT molecular complexity index is 616. The standard InChI is InChI=1S/C14H16ClN3OS/c1-2-18-14(19)13(15)12(10-17-18)16-8-9-20-11-6-4-3-5-7-11/h3-7,10,16H,2,8-9H2,1H3. The first kappa shape index (κ1) is 14.9. The average Bonchev–Trinajstić information content (AvgIpc) is 2.49. The van der Waals surface area contributed by atoms with Crippen LogP contribution >= 0.6 is 23.4 Å². The highest BCUT2D eigenvalue weighted by molar-refractivity contribution is 7.99. The van der Waals surface area contributed by atoms with Crippen molar-refractivity contribution in [3.63, 3.8) is 0 Å². The number of nitrogens with one attached hydrogen (secondary N) is 1. The van der Waals surface area contributed by atoms with Crippen LogP contribution in [0, 0.1) is 0 Å². The van der Waals surface area contributed by atoms with Crippen LogP contribution in [0.25, 0.3) is 0 Å². The molecule has 2 aromatic rings. The van der Waals surface area contributed by atoms with E-state index in [1.807, 2.05) is 25.1 Å². The molecule has 0 fully saturated rings. The molecule has 0 bridgehead atoms. The van der Waals surface area contributed by atoms with Crippen LogP contribution in [-0.2, 0) is 6.54 Å². The van der Waals surface area contributed by atoms with Crippen LogP contribution in [0.3, 0.4) is 0 Å². The number of anilines is 1. The second-order valence-electron chi connectivity index (χ2n) is 4.08. The largest absolute Gasteiger partial charge is 0.382 e. The third kappa shape index (κ3) is 3.77. The van der Waals surface area contributed by atoms with Gasteiger partial charge in [-0.1, -0.05) is 29.8 Å². The van der Waals surface area contributed by atoms with Gasteiger partial charge in [-0.15, -0.1) is 11.8 Å². The molecule has 4 nitrogen and oxygen atoms in total. The Hall–Kier alpha value is -1.46. The third-order valence-corrected chi connectivity index (χ3v) is 4.09. The van der Waals surface area contributed by atoms with E-state index in [-0.39, 0.29) is 10.6 Å². The SMILES string of the molecule is CCn1ncc(NCCSc2ccccc2)c(Cl)c1=O. The smallest absolute Gasteiger partial charge is 0.287 e. The molecule has 0 spiro atoms. The molecular weight excluding hydrogens is 294 g/mol. The summed E-state index contributed by atoms with van der Waals surface area (Å²) >= 11 is 7.78. The minimum atomic E-state index is -0.255. The highest BCUT2D eigenvalue weighted by Crippen LogP contribution is 2.18. The maximum Gasteiger partial charge on any atom is 0.287 e. The lowest BCUT2D eigenvalue weighted by molar-refractivity contribution is 0.616. The Labute approximate surface area is 127 Å². The Morgan fingerprint density at radius 1 is 1.35 bits per heavy atom. The zero-order valence-electron chi connectivity index (χ0n) is 11.2. The topological polar surface area (TPSA) is 46.9 Å². The fourth-order valence-corrected chi connectivity index (χ4v) is 2.69. The Morgan fingerprint density at radius 3 is 2.80 bits per heavy atom. The summed E-state index contributed by atoms with van der Waals surface area (Å²) in [4.78, 5) is 13.0. The molecule has 1 N–H and O–H groups in total. The molecule has 0 atom stereocenters. The number of aryl methyl sites for hydroxylation is 1. The van der Waals surface area contributed by atoms with Crippen LogP contribution in [0.4, 0.5) is 5.69 Å². The monoisotopic (exact) mass is 309 g/mol. The molecule has 0 unspecified atom stereocenters. The number of hydrogen-bond acceptors (Lipinski definition) is 4. The van der Waals surface area contributed by atoms with E-state index in [4.69, 9.17) is 11.6 Å². The van der Waals surface area contributed by atoms with Gasteiger partial charge >= 0.3 is 0 Å². The zero-order chi connectivity index (χ0) is 14.4. The first-order valence-electron chi connectivity index (χ1n) is 6.39. The van der Waals surface area contributed by atoms with Crippen molar-refractivity contribution in [2.45, 2.75) is 18.4 Å². The molecule has 0 radical (unpaired) electrons. The lowest BCUT2D eigenvalue weighted by atomic mass is 10.4. The highest BCUT2D eigenvalue weighted by Gasteiger charge is 2.07. The van der Waals surface area contributed by atoms with Gasteiger partial charge in [-0.05, 0) is 19.1 Å². The first-order valence-corrected chi connectivity index (χ1v) is 7.76. The molecule has 0 aliphatic carbocycles. The quantitative estimate of drug-likeness (QED) is 0.658. The normalized spacial score (nSPS) is 10.5. The van der Waals surface area contributed by atoms with Crippen LogP contribution < -0.4 is 10.9 Å². The van der Waals surface area contributed by atoms with Crippen LogP contribution in [0.2, 0.25) is 5.02 Å². The molecule has 1 aromatic heterocycles. The molecule has 1 aromatic carbocycles. The van der Waals surface area contributed by atoms with E-state index in [1.54, 1.807) is 18.0 Å². The molecule has 0 saturated heterocycles. The summed E-state index contributed by atoms with van der Waals surface area (Å²) in [7, 11) is 0. The van der Waals surface area contributed by atoms with E-state index in [9.17, 15) is 4.79 Å². The van der Waals surface area contributed by atoms with Crippen LogP contribution in [0.15, 0.2) is 46.2 Å². The summed E-state index contributed by atoms with van der Waals surface area (Å²) in [5.74, 6) is 0.886. The molecule has 0 amide bonds. The van der Waals surface area contributed by atoms with Gasteiger partial charge in [0.1, 0.15) is 5.02 Å². The fourth-order valence-electron chi connectivity index (χ4n) is 1.68. The summed E-state index contributed by atoms with van der Waals surface area (Å²) in [6.45, 7) is 3.09. The maximum absolute atomic E-state index is 11.8. The van der Waals surface area contributed by atoms with Gasteiger partial charge in [-0.3, -0.25) is 4.79 Å². The van der Waals surface area contributed by atoms with E-state index in [1.165, 1.54) is 9.58 Å². The van der Waals surface area contributed by atoms with Crippen molar-refractivity contribution in [2.24, 2.45) is 0 Å². The summed E-state index contributed by atoms with van der Waals surface area (Å²) < 4.78 is 1.34. The number of nitrogens with zero attached hydrogens (tertiary/aromatic N) is 2. The minimum Gasteiger partial charge on any atom is -0.382 e. The third-order valence-electron chi connectivity index (χ3n) is 2.71. The Morgan fingerprint density at radius 2 is 2.10 bits per heavy atom. The zero-order valence-corrected chi connectivity index (χ0v) is 12.7. The number of thioether (sulfide) groups is 1. The summed E-state index contributed by atoms with van der Waals surface area (Å²) in [6, 6.07) is 10.2. The van der Waals surface area contributed by atoms with Gasteiger partial charge in [0.15, 0.2) is 0 Å². The van der Waals surface area contributed by atoms with Crippen LogP contribution in [0.1, 0.15) is 6.92 Å². The molecular formula is C14H16ClN3OS. The molecule has 2 rings (SSSR count). The molecule has 0 aliphatic heterocycles. The number of aromatic nitrogens is 2. The molecule has 6 heteroatoms. The number of hydrogen-bond donors (Lipinski definition) is 1. The van der Waals surface area contributed by atoms with E-state index >= 15 is 0 Å². The van der Waals surface area contributed by atoms with Gasteiger partial charge in [0.2, 0.25) is 0 Å². The maximum atomic E-state index is 11.8. The summed E-state index contributed by atoms with van der Waals surface area (Å²) in [6.07, 6.45) is 1.60. The van der Waals surface area contributed by atoms with Crippen molar-refractivity contribution in [3.8, 4) is 0 Å².